The summed E-state index contributed by atoms with van der Waals surface area (Å²) in [5, 5.41) is 5.76. The molecule has 1 amide bonds. The molecular formula is C20H21ClFN3O2. The van der Waals surface area contributed by atoms with Crippen LogP contribution in [0.25, 0.3) is 0 Å². The number of guanidine groups is 1. The van der Waals surface area contributed by atoms with E-state index in [1.807, 2.05) is 19.1 Å². The van der Waals surface area contributed by atoms with Crippen LogP contribution in [0.4, 0.5) is 10.1 Å². The van der Waals surface area contributed by atoms with E-state index < -0.39 is 5.82 Å². The zero-order valence-electron chi connectivity index (χ0n) is 15.0. The van der Waals surface area contributed by atoms with Gasteiger partial charge in [0.2, 0.25) is 5.96 Å². The smallest absolute Gasteiger partial charge is 0.257 e. The molecule has 0 saturated carbocycles. The quantitative estimate of drug-likeness (QED) is 0.609. The summed E-state index contributed by atoms with van der Waals surface area (Å²) in [6.45, 7) is 3.07. The highest BCUT2D eigenvalue weighted by Gasteiger charge is 2.16. The maximum atomic E-state index is 13.4. The summed E-state index contributed by atoms with van der Waals surface area (Å²) in [4.78, 5) is 17.0. The predicted molar refractivity (Wildman–Crippen MR) is 105 cm³/mol. The molecule has 0 bridgehead atoms. The second-order valence-corrected chi connectivity index (χ2v) is 6.81. The number of carbonyl (C=O) groups is 1. The van der Waals surface area contributed by atoms with E-state index in [4.69, 9.17) is 16.3 Å². The van der Waals surface area contributed by atoms with Crippen LogP contribution in [0.2, 0.25) is 5.02 Å². The van der Waals surface area contributed by atoms with Crippen molar-refractivity contribution >= 4 is 29.2 Å². The minimum absolute atomic E-state index is 0.0107. The van der Waals surface area contributed by atoms with Crippen molar-refractivity contribution in [1.29, 1.82) is 0 Å². The molecule has 3 rings (SSSR count). The Hall–Kier alpha value is -2.44. The molecule has 5 nitrogen and oxygen atoms in total. The van der Waals surface area contributed by atoms with Gasteiger partial charge in [0, 0.05) is 17.9 Å². The highest BCUT2D eigenvalue weighted by molar-refractivity contribution is 6.31. The molecule has 0 aromatic heterocycles. The lowest BCUT2D eigenvalue weighted by Crippen LogP contribution is -2.36. The summed E-state index contributed by atoms with van der Waals surface area (Å²) >= 11 is 5.83. The van der Waals surface area contributed by atoms with E-state index >= 15 is 0 Å². The molecule has 1 heterocycles. The van der Waals surface area contributed by atoms with Crippen molar-refractivity contribution in [2.45, 2.75) is 25.9 Å². The highest BCUT2D eigenvalue weighted by atomic mass is 35.5. The topological polar surface area (TPSA) is 62.7 Å². The molecular weight excluding hydrogens is 369 g/mol. The second kappa shape index (κ2) is 8.97. The Bertz CT molecular complexity index is 851. The Labute approximate surface area is 162 Å². The summed E-state index contributed by atoms with van der Waals surface area (Å²) in [6, 6.07) is 11.5. The molecule has 2 aromatic carbocycles. The minimum atomic E-state index is -0.510. The number of rotatable bonds is 4. The first-order valence-corrected chi connectivity index (χ1v) is 9.15. The van der Waals surface area contributed by atoms with E-state index in [1.165, 1.54) is 18.2 Å². The van der Waals surface area contributed by atoms with Gasteiger partial charge in [0.05, 0.1) is 17.7 Å². The average molecular weight is 390 g/mol. The average Bonchev–Trinajstić information content (AvgIpc) is 3.16. The van der Waals surface area contributed by atoms with Gasteiger partial charge in [-0.25, -0.2) is 9.38 Å². The fourth-order valence-corrected chi connectivity index (χ4v) is 2.95. The number of benzene rings is 2. The summed E-state index contributed by atoms with van der Waals surface area (Å²) < 4.78 is 19.0. The zero-order valence-corrected chi connectivity index (χ0v) is 15.7. The first-order valence-electron chi connectivity index (χ1n) is 8.77. The Kier molecular flexibility index (Phi) is 6.42. The molecule has 142 valence electrons. The van der Waals surface area contributed by atoms with E-state index in [0.29, 0.717) is 17.8 Å². The van der Waals surface area contributed by atoms with E-state index in [1.54, 1.807) is 12.1 Å². The summed E-state index contributed by atoms with van der Waals surface area (Å²) in [6.07, 6.45) is 1.98. The molecule has 2 N–H and O–H groups in total. The molecule has 7 heteroatoms. The van der Waals surface area contributed by atoms with Gasteiger partial charge in [-0.3, -0.25) is 10.1 Å². The third kappa shape index (κ3) is 5.52. The summed E-state index contributed by atoms with van der Waals surface area (Å²) in [7, 11) is 0. The van der Waals surface area contributed by atoms with Gasteiger partial charge < -0.3 is 10.1 Å². The fourth-order valence-electron chi connectivity index (χ4n) is 2.77. The van der Waals surface area contributed by atoms with Crippen LogP contribution >= 0.6 is 11.6 Å². The maximum Gasteiger partial charge on any atom is 0.257 e. The number of ether oxygens (including phenoxy) is 1. The molecule has 0 aliphatic carbocycles. The predicted octanol–water partition coefficient (Wildman–Crippen LogP) is 4.16. The minimum Gasteiger partial charge on any atom is -0.376 e. The lowest BCUT2D eigenvalue weighted by Gasteiger charge is -2.14. The van der Waals surface area contributed by atoms with Crippen LogP contribution in [0.3, 0.4) is 0 Å². The normalized spacial score (nSPS) is 17.0. The Morgan fingerprint density at radius 1 is 1.33 bits per heavy atom. The number of hydrogen-bond donors (Lipinski definition) is 2. The van der Waals surface area contributed by atoms with Gasteiger partial charge in [0.15, 0.2) is 0 Å². The number of aryl methyl sites for hydroxylation is 1. The SMILES string of the molecule is Cc1cccc(C(=O)NC(=NCC2CCCO2)Nc2ccc(F)c(Cl)c2)c1. The largest absolute Gasteiger partial charge is 0.376 e. The Morgan fingerprint density at radius 2 is 2.19 bits per heavy atom. The van der Waals surface area contributed by atoms with E-state index in [2.05, 4.69) is 15.6 Å². The Morgan fingerprint density at radius 3 is 2.89 bits per heavy atom. The lowest BCUT2D eigenvalue weighted by molar-refractivity contribution is 0.0975. The zero-order chi connectivity index (χ0) is 19.2. The van der Waals surface area contributed by atoms with Crippen LogP contribution in [0, 0.1) is 12.7 Å². The standard InChI is InChI=1S/C20H21ClFN3O2/c1-13-4-2-5-14(10-13)19(26)25-20(23-12-16-6-3-9-27-16)24-15-7-8-18(22)17(21)11-15/h2,4-5,7-8,10-11,16H,3,6,9,12H2,1H3,(H2,23,24,25,26). The molecule has 1 aliphatic heterocycles. The number of aliphatic imine (C=N–C) groups is 1. The third-order valence-corrected chi connectivity index (χ3v) is 4.46. The van der Waals surface area contributed by atoms with Gasteiger partial charge in [0.1, 0.15) is 5.82 Å². The van der Waals surface area contributed by atoms with Crippen molar-refractivity contribution in [1.82, 2.24) is 5.32 Å². The second-order valence-electron chi connectivity index (χ2n) is 6.40. The number of amides is 1. The number of halogens is 2. The van der Waals surface area contributed by atoms with Crippen LogP contribution in [-0.4, -0.2) is 31.1 Å². The van der Waals surface area contributed by atoms with Crippen molar-refractivity contribution in [3.63, 3.8) is 0 Å². The molecule has 1 saturated heterocycles. The van der Waals surface area contributed by atoms with E-state index in [9.17, 15) is 9.18 Å². The van der Waals surface area contributed by atoms with Crippen LogP contribution in [0.15, 0.2) is 47.5 Å². The maximum absolute atomic E-state index is 13.4. The monoisotopic (exact) mass is 389 g/mol. The first-order chi connectivity index (χ1) is 13.0. The fraction of sp³-hybridized carbons (Fsp3) is 0.300. The number of anilines is 1. The van der Waals surface area contributed by atoms with Gasteiger partial charge in [0.25, 0.3) is 5.91 Å². The molecule has 1 atom stereocenters. The van der Waals surface area contributed by atoms with Crippen LogP contribution in [0.5, 0.6) is 0 Å². The van der Waals surface area contributed by atoms with Gasteiger partial charge in [-0.15, -0.1) is 0 Å². The number of nitrogens with one attached hydrogen (secondary N) is 2. The van der Waals surface area contributed by atoms with Crippen LogP contribution in [0.1, 0.15) is 28.8 Å². The molecule has 0 radical (unpaired) electrons. The van der Waals surface area contributed by atoms with Gasteiger partial charge >= 0.3 is 0 Å². The summed E-state index contributed by atoms with van der Waals surface area (Å²) in [5.41, 5.74) is 2.04. The van der Waals surface area contributed by atoms with Gasteiger partial charge in [-0.1, -0.05) is 29.3 Å². The van der Waals surface area contributed by atoms with Gasteiger partial charge in [-0.2, -0.15) is 0 Å². The van der Waals surface area contributed by atoms with Gasteiger partial charge in [-0.05, 0) is 50.1 Å². The number of carbonyl (C=O) groups excluding carboxylic acids is 1. The molecule has 2 aromatic rings. The Balaban J connectivity index is 1.76. The molecule has 1 aliphatic rings. The first kappa shape index (κ1) is 19.3. The van der Waals surface area contributed by atoms with Crippen molar-refractivity contribution in [2.24, 2.45) is 4.99 Å². The summed E-state index contributed by atoms with van der Waals surface area (Å²) in [5.74, 6) is -0.533. The molecule has 27 heavy (non-hydrogen) atoms. The number of hydrogen-bond acceptors (Lipinski definition) is 3. The van der Waals surface area contributed by atoms with E-state index in [0.717, 1.165) is 25.0 Å². The highest BCUT2D eigenvalue weighted by Crippen LogP contribution is 2.19. The van der Waals surface area contributed by atoms with Crippen LogP contribution < -0.4 is 10.6 Å². The molecule has 1 unspecified atom stereocenters. The van der Waals surface area contributed by atoms with E-state index in [-0.39, 0.29) is 23.0 Å². The van der Waals surface area contributed by atoms with Crippen molar-refractivity contribution < 1.29 is 13.9 Å². The van der Waals surface area contributed by atoms with Crippen LogP contribution in [-0.2, 0) is 4.74 Å². The van der Waals surface area contributed by atoms with Crippen molar-refractivity contribution in [3.8, 4) is 0 Å². The van der Waals surface area contributed by atoms with Crippen molar-refractivity contribution in [3.05, 3.63) is 64.4 Å². The molecule has 1 fully saturated rings. The number of nitrogens with zero attached hydrogens (tertiary/aromatic N) is 1. The molecule has 0 spiro atoms. The third-order valence-electron chi connectivity index (χ3n) is 4.17. The van der Waals surface area contributed by atoms with Crippen molar-refractivity contribution in [2.75, 3.05) is 18.5 Å². The lowest BCUT2D eigenvalue weighted by atomic mass is 10.1.